The van der Waals surface area contributed by atoms with Gasteiger partial charge < -0.3 is 10.2 Å². The summed E-state index contributed by atoms with van der Waals surface area (Å²) in [5, 5.41) is 7.64. The lowest BCUT2D eigenvalue weighted by Gasteiger charge is -2.34. The van der Waals surface area contributed by atoms with Crippen molar-refractivity contribution in [2.45, 2.75) is 6.17 Å². The van der Waals surface area contributed by atoms with Crippen molar-refractivity contribution in [3.05, 3.63) is 48.5 Å². The molecule has 1 saturated heterocycles. The van der Waals surface area contributed by atoms with Crippen molar-refractivity contribution >= 4 is 22.8 Å². The van der Waals surface area contributed by atoms with Gasteiger partial charge in [-0.25, -0.2) is 23.2 Å². The number of carbonyl (C=O) groups excluding carboxylic acids is 1. The van der Waals surface area contributed by atoms with Gasteiger partial charge >= 0.3 is 6.03 Å². The summed E-state index contributed by atoms with van der Waals surface area (Å²) in [5.41, 5.74) is 1.10. The quantitative estimate of drug-likeness (QED) is 0.786. The average Bonchev–Trinajstić information content (AvgIpc) is 2.97. The van der Waals surface area contributed by atoms with E-state index in [0.29, 0.717) is 11.3 Å². The number of alkyl halides is 1. The Balaban J connectivity index is 1.62. The number of nitrogens with zero attached hydrogens (tertiary/aromatic N) is 4. The number of benzene rings is 1. The first-order valence-electron chi connectivity index (χ1n) is 7.40. The Morgan fingerprint density at radius 2 is 2.12 bits per heavy atom. The Kier molecular flexibility index (Phi) is 3.37. The van der Waals surface area contributed by atoms with Crippen LogP contribution in [0.25, 0.3) is 16.7 Å². The van der Waals surface area contributed by atoms with Gasteiger partial charge in [-0.1, -0.05) is 0 Å². The van der Waals surface area contributed by atoms with E-state index in [4.69, 9.17) is 0 Å². The molecule has 0 spiro atoms. The van der Waals surface area contributed by atoms with E-state index >= 15 is 0 Å². The zero-order valence-corrected chi connectivity index (χ0v) is 12.5. The van der Waals surface area contributed by atoms with Gasteiger partial charge in [0.1, 0.15) is 17.7 Å². The number of anilines is 1. The monoisotopic (exact) mass is 329 g/mol. The van der Waals surface area contributed by atoms with Crippen LogP contribution in [-0.4, -0.2) is 45.0 Å². The van der Waals surface area contributed by atoms with Gasteiger partial charge in [0, 0.05) is 23.5 Å². The minimum absolute atomic E-state index is 0.0795. The normalized spacial score (nSPS) is 14.7. The summed E-state index contributed by atoms with van der Waals surface area (Å²) in [4.78, 5) is 17.4. The summed E-state index contributed by atoms with van der Waals surface area (Å²) < 4.78 is 28.4. The van der Waals surface area contributed by atoms with Crippen LogP contribution in [0.2, 0.25) is 0 Å². The van der Waals surface area contributed by atoms with Crippen LogP contribution in [0.4, 0.5) is 19.3 Å². The van der Waals surface area contributed by atoms with Gasteiger partial charge in [-0.05, 0) is 30.3 Å². The molecule has 0 saturated carbocycles. The van der Waals surface area contributed by atoms with Crippen LogP contribution in [0.1, 0.15) is 0 Å². The maximum Gasteiger partial charge on any atom is 0.322 e. The largest absolute Gasteiger partial charge is 0.322 e. The maximum atomic E-state index is 14.2. The highest BCUT2D eigenvalue weighted by Crippen LogP contribution is 2.21. The molecule has 24 heavy (non-hydrogen) atoms. The van der Waals surface area contributed by atoms with Crippen molar-refractivity contribution in [1.29, 1.82) is 0 Å². The smallest absolute Gasteiger partial charge is 0.319 e. The van der Waals surface area contributed by atoms with Gasteiger partial charge in [-0.15, -0.1) is 5.10 Å². The Labute approximate surface area is 135 Å². The van der Waals surface area contributed by atoms with E-state index in [2.05, 4.69) is 15.4 Å². The van der Waals surface area contributed by atoms with Crippen LogP contribution in [0, 0.1) is 5.82 Å². The Morgan fingerprint density at radius 1 is 1.29 bits per heavy atom. The van der Waals surface area contributed by atoms with Crippen LogP contribution in [0.3, 0.4) is 0 Å². The molecule has 2 amide bonds. The summed E-state index contributed by atoms with van der Waals surface area (Å²) in [5.74, 6) is -0.478. The van der Waals surface area contributed by atoms with Crippen molar-refractivity contribution in [3.63, 3.8) is 0 Å². The molecule has 3 heterocycles. The van der Waals surface area contributed by atoms with Crippen LogP contribution in [0.15, 0.2) is 42.7 Å². The molecule has 1 aliphatic rings. The molecule has 3 aromatic rings. The van der Waals surface area contributed by atoms with E-state index in [0.717, 1.165) is 5.39 Å². The van der Waals surface area contributed by atoms with Gasteiger partial charge in [0.2, 0.25) is 0 Å². The summed E-state index contributed by atoms with van der Waals surface area (Å²) in [6.07, 6.45) is 2.30. The molecular weight excluding hydrogens is 316 g/mol. The minimum atomic E-state index is -0.969. The van der Waals surface area contributed by atoms with Crippen molar-refractivity contribution < 1.29 is 13.6 Å². The predicted octanol–water partition coefficient (Wildman–Crippen LogP) is 2.75. The second-order valence-corrected chi connectivity index (χ2v) is 5.59. The number of rotatable bonds is 2. The fourth-order valence-electron chi connectivity index (χ4n) is 2.54. The summed E-state index contributed by atoms with van der Waals surface area (Å²) >= 11 is 0. The Morgan fingerprint density at radius 3 is 2.88 bits per heavy atom. The first-order chi connectivity index (χ1) is 11.6. The number of hydrogen-bond donors (Lipinski definition) is 1. The lowest BCUT2D eigenvalue weighted by Crippen LogP contribution is -2.53. The number of hydrogen-bond acceptors (Lipinski definition) is 3. The first kappa shape index (κ1) is 14.6. The fourth-order valence-corrected chi connectivity index (χ4v) is 2.54. The molecule has 1 fully saturated rings. The van der Waals surface area contributed by atoms with Gasteiger partial charge in [-0.2, -0.15) is 0 Å². The molecule has 1 N–H and O–H groups in total. The molecule has 0 atom stereocenters. The maximum absolute atomic E-state index is 14.2. The molecule has 1 aliphatic heterocycles. The number of carbonyl (C=O) groups is 1. The Bertz CT molecular complexity index is 887. The number of urea groups is 1. The fraction of sp³-hybridized carbons (Fsp3) is 0.188. The third-order valence-corrected chi connectivity index (χ3v) is 3.85. The lowest BCUT2D eigenvalue weighted by molar-refractivity contribution is 0.0974. The topological polar surface area (TPSA) is 63.1 Å². The highest BCUT2D eigenvalue weighted by molar-refractivity contribution is 5.90. The standard InChI is InChI=1S/C16H13F2N5O/c17-11-8-22(9-11)16(24)20-12-3-4-13(18)14(6-12)23-7-10-2-1-5-19-15(10)21-23/h1-7,11H,8-9H2,(H,20,24). The van der Waals surface area contributed by atoms with E-state index in [1.165, 1.54) is 27.8 Å². The van der Waals surface area contributed by atoms with Crippen molar-refractivity contribution in [1.82, 2.24) is 19.7 Å². The van der Waals surface area contributed by atoms with Crippen LogP contribution in [-0.2, 0) is 0 Å². The molecule has 0 aliphatic carbocycles. The van der Waals surface area contributed by atoms with Gasteiger partial charge in [0.15, 0.2) is 5.65 Å². The number of amides is 2. The third kappa shape index (κ3) is 2.55. The van der Waals surface area contributed by atoms with Crippen molar-refractivity contribution in [2.24, 2.45) is 0 Å². The number of fused-ring (bicyclic) bond motifs is 1. The van der Waals surface area contributed by atoms with Crippen molar-refractivity contribution in [2.75, 3.05) is 18.4 Å². The molecular formula is C16H13F2N5O. The molecule has 0 radical (unpaired) electrons. The molecule has 0 bridgehead atoms. The highest BCUT2D eigenvalue weighted by Gasteiger charge is 2.30. The van der Waals surface area contributed by atoms with Crippen molar-refractivity contribution in [3.8, 4) is 5.69 Å². The zero-order chi connectivity index (χ0) is 16.7. The SMILES string of the molecule is O=C(Nc1ccc(F)c(-n2cc3cccnc3n2)c1)N1CC(F)C1. The molecule has 0 unspecified atom stereocenters. The second kappa shape index (κ2) is 5.55. The van der Waals surface area contributed by atoms with Crippen LogP contribution >= 0.6 is 0 Å². The minimum Gasteiger partial charge on any atom is -0.319 e. The third-order valence-electron chi connectivity index (χ3n) is 3.85. The van der Waals surface area contributed by atoms with Crippen LogP contribution < -0.4 is 5.32 Å². The lowest BCUT2D eigenvalue weighted by atomic mass is 10.2. The average molecular weight is 329 g/mol. The number of halogens is 2. The molecule has 8 heteroatoms. The summed E-state index contributed by atoms with van der Waals surface area (Å²) in [7, 11) is 0. The van der Waals surface area contributed by atoms with Crippen LogP contribution in [0.5, 0.6) is 0 Å². The second-order valence-electron chi connectivity index (χ2n) is 5.59. The predicted molar refractivity (Wildman–Crippen MR) is 84.3 cm³/mol. The molecule has 4 rings (SSSR count). The molecule has 2 aromatic heterocycles. The summed E-state index contributed by atoms with van der Waals surface area (Å²) in [6, 6.07) is 7.36. The van der Waals surface area contributed by atoms with E-state index in [1.807, 2.05) is 6.07 Å². The number of aromatic nitrogens is 3. The number of pyridine rings is 1. The number of nitrogens with one attached hydrogen (secondary N) is 1. The van der Waals surface area contributed by atoms with E-state index < -0.39 is 18.0 Å². The van der Waals surface area contributed by atoms with E-state index in [9.17, 15) is 13.6 Å². The molecule has 6 nitrogen and oxygen atoms in total. The van der Waals surface area contributed by atoms with Gasteiger partial charge in [0.25, 0.3) is 0 Å². The zero-order valence-electron chi connectivity index (χ0n) is 12.5. The van der Waals surface area contributed by atoms with E-state index in [-0.39, 0.29) is 18.8 Å². The first-order valence-corrected chi connectivity index (χ1v) is 7.40. The molecule has 122 valence electrons. The number of likely N-dealkylation sites (tertiary alicyclic amines) is 1. The van der Waals surface area contributed by atoms with E-state index in [1.54, 1.807) is 18.5 Å². The summed E-state index contributed by atoms with van der Waals surface area (Å²) in [6.45, 7) is 0.159. The Hall–Kier alpha value is -3.03. The van der Waals surface area contributed by atoms with Gasteiger partial charge in [0.05, 0.1) is 13.1 Å². The highest BCUT2D eigenvalue weighted by atomic mass is 19.1. The molecule has 1 aromatic carbocycles. The van der Waals surface area contributed by atoms with Gasteiger partial charge in [-0.3, -0.25) is 0 Å².